The van der Waals surface area contributed by atoms with Gasteiger partial charge in [-0.2, -0.15) is 0 Å². The third kappa shape index (κ3) is 2.55. The minimum Gasteiger partial charge on any atom is -0.305 e. The Morgan fingerprint density at radius 1 is 1.29 bits per heavy atom. The van der Waals surface area contributed by atoms with E-state index in [4.69, 9.17) is 0 Å². The van der Waals surface area contributed by atoms with Crippen LogP contribution in [-0.4, -0.2) is 27.6 Å². The van der Waals surface area contributed by atoms with Crippen LogP contribution in [0.4, 0.5) is 5.69 Å². The highest BCUT2D eigenvalue weighted by molar-refractivity contribution is 6.04. The fourth-order valence-corrected chi connectivity index (χ4v) is 2.56. The minimum atomic E-state index is -0.147. The Hall–Kier alpha value is -2.17. The first-order valence-corrected chi connectivity index (χ1v) is 7.29. The second-order valence-electron chi connectivity index (χ2n) is 6.45. The number of aromatic amines is 1. The first-order chi connectivity index (χ1) is 9.97. The highest BCUT2D eigenvalue weighted by atomic mass is 16.2. The van der Waals surface area contributed by atoms with Crippen LogP contribution in [0.15, 0.2) is 24.3 Å². The molecular weight excluding hydrogens is 264 g/mol. The molecule has 110 valence electrons. The summed E-state index contributed by atoms with van der Waals surface area (Å²) in [5.41, 5.74) is 2.05. The molecule has 1 aromatic heterocycles. The highest BCUT2D eigenvalue weighted by Crippen LogP contribution is 2.28. The van der Waals surface area contributed by atoms with Gasteiger partial charge in [0.1, 0.15) is 5.82 Å². The van der Waals surface area contributed by atoms with Crippen molar-refractivity contribution in [3.63, 3.8) is 0 Å². The SMILES string of the molecule is CC(C)(C)c1nc(C(=O)N2CCCc3ccccc32)n[nH]1. The van der Waals surface area contributed by atoms with E-state index in [0.717, 1.165) is 30.9 Å². The van der Waals surface area contributed by atoms with E-state index in [1.54, 1.807) is 4.90 Å². The molecule has 0 saturated carbocycles. The molecule has 1 aromatic carbocycles. The Bertz CT molecular complexity index is 669. The number of para-hydroxylation sites is 1. The predicted octanol–water partition coefficient (Wildman–Crippen LogP) is 2.70. The lowest BCUT2D eigenvalue weighted by molar-refractivity contribution is 0.0975. The van der Waals surface area contributed by atoms with Crippen LogP contribution < -0.4 is 4.90 Å². The molecule has 2 aromatic rings. The van der Waals surface area contributed by atoms with E-state index in [2.05, 4.69) is 21.2 Å². The molecule has 2 heterocycles. The summed E-state index contributed by atoms with van der Waals surface area (Å²) in [6.45, 7) is 6.84. The maximum Gasteiger partial charge on any atom is 0.297 e. The number of hydrogen-bond acceptors (Lipinski definition) is 3. The number of carbonyl (C=O) groups is 1. The van der Waals surface area contributed by atoms with Gasteiger partial charge in [-0.3, -0.25) is 9.89 Å². The molecule has 0 spiro atoms. The van der Waals surface area contributed by atoms with E-state index in [1.807, 2.05) is 39.0 Å². The van der Waals surface area contributed by atoms with Gasteiger partial charge in [-0.25, -0.2) is 4.98 Å². The van der Waals surface area contributed by atoms with Crippen molar-refractivity contribution in [2.75, 3.05) is 11.4 Å². The van der Waals surface area contributed by atoms with Crippen LogP contribution in [-0.2, 0) is 11.8 Å². The monoisotopic (exact) mass is 284 g/mol. The van der Waals surface area contributed by atoms with Gasteiger partial charge in [-0.15, -0.1) is 5.10 Å². The molecule has 5 nitrogen and oxygen atoms in total. The summed E-state index contributed by atoms with van der Waals surface area (Å²) in [4.78, 5) is 18.8. The molecule has 0 unspecified atom stereocenters. The normalized spacial score (nSPS) is 14.9. The smallest absolute Gasteiger partial charge is 0.297 e. The maximum absolute atomic E-state index is 12.7. The van der Waals surface area contributed by atoms with E-state index in [1.165, 1.54) is 5.56 Å². The molecule has 0 saturated heterocycles. The quantitative estimate of drug-likeness (QED) is 0.875. The van der Waals surface area contributed by atoms with Crippen molar-refractivity contribution in [3.8, 4) is 0 Å². The highest BCUT2D eigenvalue weighted by Gasteiger charge is 2.27. The zero-order valence-electron chi connectivity index (χ0n) is 12.7. The van der Waals surface area contributed by atoms with E-state index in [0.29, 0.717) is 0 Å². The zero-order chi connectivity index (χ0) is 15.0. The molecule has 0 bridgehead atoms. The molecule has 0 aliphatic carbocycles. The van der Waals surface area contributed by atoms with Gasteiger partial charge in [0.05, 0.1) is 0 Å². The number of H-pyrrole nitrogens is 1. The molecule has 0 atom stereocenters. The van der Waals surface area contributed by atoms with Gasteiger partial charge < -0.3 is 4.90 Å². The number of hydrogen-bond donors (Lipinski definition) is 1. The van der Waals surface area contributed by atoms with Gasteiger partial charge in [0.2, 0.25) is 5.82 Å². The predicted molar refractivity (Wildman–Crippen MR) is 81.5 cm³/mol. The van der Waals surface area contributed by atoms with E-state index in [-0.39, 0.29) is 17.1 Å². The van der Waals surface area contributed by atoms with Gasteiger partial charge in [0.25, 0.3) is 5.91 Å². The van der Waals surface area contributed by atoms with E-state index < -0.39 is 0 Å². The van der Waals surface area contributed by atoms with Crippen LogP contribution in [0.3, 0.4) is 0 Å². The Balaban J connectivity index is 1.92. The first-order valence-electron chi connectivity index (χ1n) is 7.29. The second kappa shape index (κ2) is 4.98. The summed E-state index contributed by atoms with van der Waals surface area (Å²) >= 11 is 0. The molecule has 1 aliphatic rings. The Morgan fingerprint density at radius 3 is 2.76 bits per heavy atom. The molecule has 21 heavy (non-hydrogen) atoms. The van der Waals surface area contributed by atoms with Crippen LogP contribution in [0.5, 0.6) is 0 Å². The number of rotatable bonds is 1. The van der Waals surface area contributed by atoms with Gasteiger partial charge in [-0.05, 0) is 24.5 Å². The lowest BCUT2D eigenvalue weighted by Crippen LogP contribution is -2.36. The van der Waals surface area contributed by atoms with Crippen LogP contribution in [0.1, 0.15) is 49.2 Å². The minimum absolute atomic E-state index is 0.131. The number of aryl methyl sites for hydroxylation is 1. The summed E-state index contributed by atoms with van der Waals surface area (Å²) in [5.74, 6) is 0.849. The standard InChI is InChI=1S/C16H20N4O/c1-16(2,3)15-17-13(18-19-15)14(21)20-10-6-8-11-7-4-5-9-12(11)20/h4-5,7,9H,6,8,10H2,1-3H3,(H,17,18,19). The summed E-state index contributed by atoms with van der Waals surface area (Å²) < 4.78 is 0. The number of aromatic nitrogens is 3. The van der Waals surface area contributed by atoms with Crippen LogP contribution >= 0.6 is 0 Å². The molecule has 1 N–H and O–H groups in total. The van der Waals surface area contributed by atoms with Crippen molar-refractivity contribution < 1.29 is 4.79 Å². The Kier molecular flexibility index (Phi) is 3.27. The third-order valence-electron chi connectivity index (χ3n) is 3.74. The van der Waals surface area contributed by atoms with Crippen LogP contribution in [0.25, 0.3) is 0 Å². The number of nitrogens with zero attached hydrogens (tertiary/aromatic N) is 3. The zero-order valence-corrected chi connectivity index (χ0v) is 12.7. The molecular formula is C16H20N4O. The summed E-state index contributed by atoms with van der Waals surface area (Å²) in [6.07, 6.45) is 1.99. The summed E-state index contributed by atoms with van der Waals surface area (Å²) in [6, 6.07) is 8.04. The van der Waals surface area contributed by atoms with E-state index in [9.17, 15) is 4.79 Å². The third-order valence-corrected chi connectivity index (χ3v) is 3.74. The average molecular weight is 284 g/mol. The van der Waals surface area contributed by atoms with Crippen LogP contribution in [0.2, 0.25) is 0 Å². The van der Waals surface area contributed by atoms with Gasteiger partial charge in [0, 0.05) is 17.6 Å². The number of anilines is 1. The fraction of sp³-hybridized carbons (Fsp3) is 0.438. The maximum atomic E-state index is 12.7. The van der Waals surface area contributed by atoms with Crippen molar-refractivity contribution in [2.24, 2.45) is 0 Å². The number of benzene rings is 1. The average Bonchev–Trinajstić information content (AvgIpc) is 2.96. The number of amides is 1. The number of carbonyl (C=O) groups excluding carboxylic acids is 1. The van der Waals surface area contributed by atoms with Crippen molar-refractivity contribution >= 4 is 11.6 Å². The summed E-state index contributed by atoms with van der Waals surface area (Å²) in [7, 11) is 0. The topological polar surface area (TPSA) is 61.9 Å². The van der Waals surface area contributed by atoms with Crippen molar-refractivity contribution in [1.82, 2.24) is 15.2 Å². The van der Waals surface area contributed by atoms with Crippen molar-refractivity contribution in [1.29, 1.82) is 0 Å². The van der Waals surface area contributed by atoms with Gasteiger partial charge in [-0.1, -0.05) is 39.0 Å². The molecule has 0 fully saturated rings. The molecule has 3 rings (SSSR count). The molecule has 0 radical (unpaired) electrons. The molecule has 5 heteroatoms. The number of nitrogens with one attached hydrogen (secondary N) is 1. The first kappa shape index (κ1) is 13.8. The molecule has 1 aliphatic heterocycles. The second-order valence-corrected chi connectivity index (χ2v) is 6.45. The fourth-order valence-electron chi connectivity index (χ4n) is 2.56. The largest absolute Gasteiger partial charge is 0.305 e. The van der Waals surface area contributed by atoms with Crippen molar-refractivity contribution in [3.05, 3.63) is 41.5 Å². The lowest BCUT2D eigenvalue weighted by Gasteiger charge is -2.28. The molecule has 1 amide bonds. The van der Waals surface area contributed by atoms with Gasteiger partial charge >= 0.3 is 0 Å². The van der Waals surface area contributed by atoms with Crippen molar-refractivity contribution in [2.45, 2.75) is 39.0 Å². The van der Waals surface area contributed by atoms with Gasteiger partial charge in [0.15, 0.2) is 0 Å². The summed E-state index contributed by atoms with van der Waals surface area (Å²) in [5, 5.41) is 6.98. The van der Waals surface area contributed by atoms with Crippen LogP contribution in [0, 0.1) is 0 Å². The lowest BCUT2D eigenvalue weighted by atomic mass is 9.96. The Labute approximate surface area is 124 Å². The number of fused-ring (bicyclic) bond motifs is 1. The Morgan fingerprint density at radius 2 is 2.05 bits per heavy atom. The van der Waals surface area contributed by atoms with E-state index >= 15 is 0 Å².